The lowest BCUT2D eigenvalue weighted by atomic mass is 9.94. The van der Waals surface area contributed by atoms with Gasteiger partial charge >= 0.3 is 0 Å². The molecule has 164 valence electrons. The predicted molar refractivity (Wildman–Crippen MR) is 123 cm³/mol. The van der Waals surface area contributed by atoms with Crippen molar-refractivity contribution < 1.29 is 4.74 Å². The first kappa shape index (κ1) is 20.5. The lowest BCUT2D eigenvalue weighted by Crippen LogP contribution is -2.40. The minimum Gasteiger partial charge on any atom is -0.384 e. The van der Waals surface area contributed by atoms with Gasteiger partial charge in [-0.1, -0.05) is 18.2 Å². The van der Waals surface area contributed by atoms with Crippen molar-refractivity contribution in [1.82, 2.24) is 34.8 Å². The Hall–Kier alpha value is -3.36. The fourth-order valence-electron chi connectivity index (χ4n) is 4.34. The molecule has 2 unspecified atom stereocenters. The number of hydrogen-bond donors (Lipinski definition) is 1. The van der Waals surface area contributed by atoms with E-state index in [0.29, 0.717) is 17.8 Å². The second-order valence-corrected chi connectivity index (χ2v) is 8.26. The van der Waals surface area contributed by atoms with Crippen molar-refractivity contribution in [2.24, 2.45) is 13.0 Å². The molecule has 2 atom stereocenters. The summed E-state index contributed by atoms with van der Waals surface area (Å²) in [6, 6.07) is 8.55. The molecule has 0 saturated carbocycles. The fraction of sp³-hybridized carbons (Fsp3) is 0.333. The second kappa shape index (κ2) is 9.02. The molecular formula is C24H27N7O. The van der Waals surface area contributed by atoms with E-state index >= 15 is 0 Å². The molecule has 8 heteroatoms. The van der Waals surface area contributed by atoms with Crippen LogP contribution in [0.4, 0.5) is 0 Å². The maximum atomic E-state index is 5.41. The number of aryl methyl sites for hydroxylation is 1. The van der Waals surface area contributed by atoms with Crippen LogP contribution < -0.4 is 5.32 Å². The number of benzene rings is 1. The Morgan fingerprint density at radius 3 is 2.53 bits per heavy atom. The summed E-state index contributed by atoms with van der Waals surface area (Å²) in [5, 5.41) is 12.4. The van der Waals surface area contributed by atoms with Crippen molar-refractivity contribution in [3.8, 4) is 33.6 Å². The van der Waals surface area contributed by atoms with Crippen LogP contribution in [0.15, 0.2) is 61.4 Å². The monoisotopic (exact) mass is 429 g/mol. The average molecular weight is 430 g/mol. The molecule has 1 N–H and O–H groups in total. The van der Waals surface area contributed by atoms with Crippen LogP contribution in [-0.4, -0.2) is 56.3 Å². The van der Waals surface area contributed by atoms with Gasteiger partial charge in [-0.25, -0.2) is 9.97 Å². The third-order valence-electron chi connectivity index (χ3n) is 6.03. The molecule has 0 aliphatic carbocycles. The molecule has 0 radical (unpaired) electrons. The van der Waals surface area contributed by atoms with Crippen LogP contribution in [0.5, 0.6) is 0 Å². The van der Waals surface area contributed by atoms with Crippen LogP contribution in [0, 0.1) is 5.92 Å². The molecule has 8 nitrogen and oxygen atoms in total. The highest BCUT2D eigenvalue weighted by atomic mass is 16.5. The Balaban J connectivity index is 1.36. The first-order chi connectivity index (χ1) is 15.7. The standard InChI is InChI=1S/C24H27N7O/c1-30-14-20(12-28-30)17-4-3-5-18(8-17)24-26-10-19(11-27-24)21-13-29-31(15-21)23-6-7-25-9-22(23)16-32-2/h3-5,8,10-15,22-23,25H,6-7,9,16H2,1-2H3. The molecular weight excluding hydrogens is 402 g/mol. The molecule has 1 aromatic carbocycles. The number of piperidine rings is 1. The van der Waals surface area contributed by atoms with Gasteiger partial charge in [0.15, 0.2) is 5.82 Å². The van der Waals surface area contributed by atoms with Gasteiger partial charge in [0.25, 0.3) is 0 Å². The third-order valence-corrected chi connectivity index (χ3v) is 6.03. The number of nitrogens with zero attached hydrogens (tertiary/aromatic N) is 6. The van der Waals surface area contributed by atoms with E-state index in [9.17, 15) is 0 Å². The van der Waals surface area contributed by atoms with Gasteiger partial charge in [-0.2, -0.15) is 10.2 Å². The number of methoxy groups -OCH3 is 1. The van der Waals surface area contributed by atoms with E-state index in [1.165, 1.54) is 0 Å². The van der Waals surface area contributed by atoms with E-state index in [2.05, 4.69) is 48.5 Å². The minimum absolute atomic E-state index is 0.334. The molecule has 1 saturated heterocycles. The summed E-state index contributed by atoms with van der Waals surface area (Å²) in [6.07, 6.45) is 12.6. The Morgan fingerprint density at radius 1 is 0.969 bits per heavy atom. The van der Waals surface area contributed by atoms with Crippen LogP contribution in [0.1, 0.15) is 12.5 Å². The average Bonchev–Trinajstić information content (AvgIpc) is 3.50. The first-order valence-electron chi connectivity index (χ1n) is 10.9. The van der Waals surface area contributed by atoms with Crippen molar-refractivity contribution in [2.45, 2.75) is 12.5 Å². The highest BCUT2D eigenvalue weighted by Crippen LogP contribution is 2.28. The fourth-order valence-corrected chi connectivity index (χ4v) is 4.34. The highest BCUT2D eigenvalue weighted by Gasteiger charge is 2.27. The summed E-state index contributed by atoms with van der Waals surface area (Å²) in [5.74, 6) is 1.11. The van der Waals surface area contributed by atoms with Crippen LogP contribution in [-0.2, 0) is 11.8 Å². The smallest absolute Gasteiger partial charge is 0.159 e. The molecule has 1 aliphatic rings. The van der Waals surface area contributed by atoms with Gasteiger partial charge in [0.2, 0.25) is 0 Å². The van der Waals surface area contributed by atoms with E-state index in [-0.39, 0.29) is 0 Å². The molecule has 0 amide bonds. The third kappa shape index (κ3) is 4.19. The first-order valence-corrected chi connectivity index (χ1v) is 10.9. The van der Waals surface area contributed by atoms with Crippen LogP contribution >= 0.6 is 0 Å². The normalized spacial score (nSPS) is 18.7. The van der Waals surface area contributed by atoms with Gasteiger partial charge in [0.1, 0.15) is 0 Å². The topological polar surface area (TPSA) is 82.7 Å². The van der Waals surface area contributed by atoms with Crippen LogP contribution in [0.3, 0.4) is 0 Å². The quantitative estimate of drug-likeness (QED) is 0.507. The van der Waals surface area contributed by atoms with Crippen LogP contribution in [0.25, 0.3) is 33.6 Å². The Morgan fingerprint density at radius 2 is 1.75 bits per heavy atom. The van der Waals surface area contributed by atoms with Crippen LogP contribution in [0.2, 0.25) is 0 Å². The van der Waals surface area contributed by atoms with Gasteiger partial charge in [-0.05, 0) is 24.6 Å². The molecule has 0 bridgehead atoms. The summed E-state index contributed by atoms with van der Waals surface area (Å²) in [5.41, 5.74) is 5.13. The molecule has 3 aromatic heterocycles. The summed E-state index contributed by atoms with van der Waals surface area (Å²) >= 11 is 0. The molecule has 4 heterocycles. The van der Waals surface area contributed by atoms with Crippen molar-refractivity contribution in [1.29, 1.82) is 0 Å². The number of rotatable bonds is 6. The number of ether oxygens (including phenoxy) is 1. The molecule has 5 rings (SSSR count). The van der Waals surface area contributed by atoms with Crippen molar-refractivity contribution in [3.63, 3.8) is 0 Å². The van der Waals surface area contributed by atoms with E-state index in [4.69, 9.17) is 4.74 Å². The summed E-state index contributed by atoms with van der Waals surface area (Å²) in [7, 11) is 3.67. The largest absolute Gasteiger partial charge is 0.384 e. The number of hydrogen-bond acceptors (Lipinski definition) is 6. The SMILES string of the molecule is COCC1CNCCC1n1cc(-c2cnc(-c3cccc(-c4cnn(C)c4)c3)nc2)cn1. The summed E-state index contributed by atoms with van der Waals surface area (Å²) < 4.78 is 9.29. The number of aromatic nitrogens is 6. The maximum absolute atomic E-state index is 5.41. The maximum Gasteiger partial charge on any atom is 0.159 e. The molecule has 4 aromatic rings. The Labute approximate surface area is 187 Å². The minimum atomic E-state index is 0.334. The Bertz CT molecular complexity index is 1180. The van der Waals surface area contributed by atoms with E-state index in [1.807, 2.05) is 50.2 Å². The molecule has 1 aliphatic heterocycles. The van der Waals surface area contributed by atoms with Gasteiger partial charge in [-0.15, -0.1) is 0 Å². The van der Waals surface area contributed by atoms with Gasteiger partial charge in [-0.3, -0.25) is 9.36 Å². The van der Waals surface area contributed by atoms with E-state index in [1.54, 1.807) is 11.8 Å². The zero-order valence-corrected chi connectivity index (χ0v) is 18.3. The van der Waals surface area contributed by atoms with Gasteiger partial charge in [0, 0.05) is 73.7 Å². The van der Waals surface area contributed by atoms with E-state index < -0.39 is 0 Å². The highest BCUT2D eigenvalue weighted by molar-refractivity contribution is 5.70. The summed E-state index contributed by atoms with van der Waals surface area (Å²) in [4.78, 5) is 9.26. The lowest BCUT2D eigenvalue weighted by molar-refractivity contribution is 0.101. The zero-order valence-electron chi connectivity index (χ0n) is 18.3. The van der Waals surface area contributed by atoms with Crippen molar-refractivity contribution in [2.75, 3.05) is 26.8 Å². The molecule has 0 spiro atoms. The molecule has 32 heavy (non-hydrogen) atoms. The second-order valence-electron chi connectivity index (χ2n) is 8.26. The zero-order chi connectivity index (χ0) is 21.9. The number of nitrogens with one attached hydrogen (secondary N) is 1. The van der Waals surface area contributed by atoms with Crippen molar-refractivity contribution >= 4 is 0 Å². The van der Waals surface area contributed by atoms with Crippen molar-refractivity contribution in [3.05, 3.63) is 61.4 Å². The predicted octanol–water partition coefficient (Wildman–Crippen LogP) is 3.20. The lowest BCUT2D eigenvalue weighted by Gasteiger charge is -2.31. The van der Waals surface area contributed by atoms with E-state index in [0.717, 1.165) is 53.9 Å². The van der Waals surface area contributed by atoms with Gasteiger partial charge in [0.05, 0.1) is 25.0 Å². The molecule has 1 fully saturated rings. The van der Waals surface area contributed by atoms with Gasteiger partial charge < -0.3 is 10.1 Å². The summed E-state index contributed by atoms with van der Waals surface area (Å²) in [6.45, 7) is 2.67. The Kier molecular flexibility index (Phi) is 5.79.